The zero-order valence-corrected chi connectivity index (χ0v) is 10.9. The van der Waals surface area contributed by atoms with Gasteiger partial charge in [-0.1, -0.05) is 0 Å². The summed E-state index contributed by atoms with van der Waals surface area (Å²) in [5, 5.41) is 3.13. The Morgan fingerprint density at radius 3 is 3.11 bits per heavy atom. The molecule has 1 fully saturated rings. The third-order valence-corrected chi connectivity index (χ3v) is 4.85. The minimum Gasteiger partial charge on any atom is -0.441 e. The highest BCUT2D eigenvalue weighted by Crippen LogP contribution is 2.18. The largest absolute Gasteiger partial charge is 0.441 e. The molecule has 0 spiro atoms. The number of nitrogens with one attached hydrogen (secondary N) is 1. The average Bonchev–Trinajstić information content (AvgIpc) is 2.68. The predicted molar refractivity (Wildman–Crippen MR) is 68.1 cm³/mol. The summed E-state index contributed by atoms with van der Waals surface area (Å²) < 4.78 is 41.5. The molecule has 1 aliphatic rings. The summed E-state index contributed by atoms with van der Waals surface area (Å²) in [6.45, 7) is 0.446. The molecule has 1 atom stereocenters. The van der Waals surface area contributed by atoms with Crippen LogP contribution in [0.4, 0.5) is 4.39 Å². The summed E-state index contributed by atoms with van der Waals surface area (Å²) in [7, 11) is -2.98. The molecule has 1 aromatic heterocycles. The summed E-state index contributed by atoms with van der Waals surface area (Å²) in [6.07, 6.45) is 0.384. The number of rotatable bonds is 2. The van der Waals surface area contributed by atoms with Gasteiger partial charge < -0.3 is 9.73 Å². The van der Waals surface area contributed by atoms with E-state index >= 15 is 0 Å². The number of oxazole rings is 1. The van der Waals surface area contributed by atoms with Gasteiger partial charge in [-0.2, -0.15) is 0 Å². The zero-order valence-electron chi connectivity index (χ0n) is 10.1. The Labute approximate surface area is 109 Å². The van der Waals surface area contributed by atoms with Crippen LogP contribution in [0.2, 0.25) is 0 Å². The minimum atomic E-state index is -2.98. The van der Waals surface area contributed by atoms with E-state index in [1.807, 2.05) is 0 Å². The third-order valence-electron chi connectivity index (χ3n) is 3.12. The fourth-order valence-electron chi connectivity index (χ4n) is 2.24. The van der Waals surface area contributed by atoms with E-state index in [0.29, 0.717) is 30.0 Å². The summed E-state index contributed by atoms with van der Waals surface area (Å²) in [4.78, 5) is 4.23. The van der Waals surface area contributed by atoms with Gasteiger partial charge in [0.25, 0.3) is 0 Å². The highest BCUT2D eigenvalue weighted by Gasteiger charge is 2.25. The maximum Gasteiger partial charge on any atom is 0.197 e. The fraction of sp³-hybridized carbons (Fsp3) is 0.417. The van der Waals surface area contributed by atoms with E-state index in [0.717, 1.165) is 0 Å². The number of nitrogens with zero attached hydrogens (tertiary/aromatic N) is 1. The Morgan fingerprint density at radius 2 is 2.32 bits per heavy atom. The van der Waals surface area contributed by atoms with E-state index in [2.05, 4.69) is 10.3 Å². The Kier molecular flexibility index (Phi) is 3.02. The van der Waals surface area contributed by atoms with Crippen molar-refractivity contribution in [1.82, 2.24) is 10.3 Å². The van der Waals surface area contributed by atoms with E-state index in [1.165, 1.54) is 12.1 Å². The minimum absolute atomic E-state index is 0.0834. The van der Waals surface area contributed by atoms with E-state index in [1.54, 1.807) is 6.07 Å². The van der Waals surface area contributed by atoms with Gasteiger partial charge in [-0.25, -0.2) is 17.8 Å². The highest BCUT2D eigenvalue weighted by molar-refractivity contribution is 7.91. The molecule has 1 N–H and O–H groups in total. The Bertz CT molecular complexity index is 711. The second-order valence-electron chi connectivity index (χ2n) is 4.69. The van der Waals surface area contributed by atoms with Gasteiger partial charge in [0.05, 0.1) is 11.5 Å². The van der Waals surface area contributed by atoms with Crippen molar-refractivity contribution >= 4 is 20.9 Å². The Balaban J connectivity index is 1.81. The molecule has 0 radical (unpaired) electrons. The van der Waals surface area contributed by atoms with Gasteiger partial charge in [0.2, 0.25) is 0 Å². The molecule has 0 aliphatic carbocycles. The Morgan fingerprint density at radius 1 is 1.47 bits per heavy atom. The molecule has 0 amide bonds. The molecule has 7 heteroatoms. The van der Waals surface area contributed by atoms with Crippen LogP contribution in [0, 0.1) is 5.82 Å². The molecule has 0 bridgehead atoms. The molecule has 2 heterocycles. The molecule has 1 aliphatic heterocycles. The van der Waals surface area contributed by atoms with E-state index in [4.69, 9.17) is 4.42 Å². The van der Waals surface area contributed by atoms with Crippen molar-refractivity contribution in [2.24, 2.45) is 0 Å². The number of fused-ring (bicyclic) bond motifs is 1. The molecule has 102 valence electrons. The number of hydrogen-bond acceptors (Lipinski definition) is 5. The van der Waals surface area contributed by atoms with Gasteiger partial charge in [0.1, 0.15) is 11.3 Å². The van der Waals surface area contributed by atoms with Gasteiger partial charge in [-0.05, 0) is 12.1 Å². The summed E-state index contributed by atoms with van der Waals surface area (Å²) in [5.41, 5.74) is 0.962. The SMILES string of the molecule is O=S1(=O)CCNC(Cc2nc3ccc(F)cc3o2)C1. The molecular weight excluding hydrogens is 271 g/mol. The fourth-order valence-corrected chi connectivity index (χ4v) is 3.69. The maximum atomic E-state index is 13.0. The molecule has 5 nitrogen and oxygen atoms in total. The van der Waals surface area contributed by atoms with E-state index in [9.17, 15) is 12.8 Å². The van der Waals surface area contributed by atoms with Gasteiger partial charge in [0, 0.05) is 25.1 Å². The van der Waals surface area contributed by atoms with Gasteiger partial charge in [0.15, 0.2) is 21.3 Å². The van der Waals surface area contributed by atoms with Crippen LogP contribution in [-0.2, 0) is 16.3 Å². The first kappa shape index (κ1) is 12.6. The van der Waals surface area contributed by atoms with Crippen molar-refractivity contribution in [3.8, 4) is 0 Å². The van der Waals surface area contributed by atoms with Crippen molar-refractivity contribution < 1.29 is 17.2 Å². The average molecular weight is 284 g/mol. The van der Waals surface area contributed by atoms with Crippen LogP contribution in [-0.4, -0.2) is 37.5 Å². The van der Waals surface area contributed by atoms with E-state index < -0.39 is 9.84 Å². The molecule has 19 heavy (non-hydrogen) atoms. The smallest absolute Gasteiger partial charge is 0.197 e. The standard InChI is InChI=1S/C12H13FN2O3S/c13-8-1-2-10-11(5-8)18-12(15-10)6-9-7-19(16,17)4-3-14-9/h1-2,5,9,14H,3-4,6-7H2. The monoisotopic (exact) mass is 284 g/mol. The Hall–Kier alpha value is -1.47. The highest BCUT2D eigenvalue weighted by atomic mass is 32.2. The topological polar surface area (TPSA) is 72.2 Å². The number of hydrogen-bond donors (Lipinski definition) is 1. The lowest BCUT2D eigenvalue weighted by molar-refractivity contribution is 0.456. The van der Waals surface area contributed by atoms with Gasteiger partial charge in [-0.15, -0.1) is 0 Å². The van der Waals surface area contributed by atoms with E-state index in [-0.39, 0.29) is 23.4 Å². The molecule has 3 rings (SSSR count). The summed E-state index contributed by atoms with van der Waals surface area (Å²) >= 11 is 0. The quantitative estimate of drug-likeness (QED) is 0.887. The molecule has 1 unspecified atom stereocenters. The van der Waals surface area contributed by atoms with Crippen LogP contribution in [0.25, 0.3) is 11.1 Å². The van der Waals surface area contributed by atoms with Crippen molar-refractivity contribution in [2.75, 3.05) is 18.1 Å². The summed E-state index contributed by atoms with van der Waals surface area (Å²) in [5.74, 6) is 0.297. The predicted octanol–water partition coefficient (Wildman–Crippen LogP) is 0.896. The van der Waals surface area contributed by atoms with Crippen LogP contribution < -0.4 is 5.32 Å². The number of halogens is 1. The zero-order chi connectivity index (χ0) is 13.5. The van der Waals surface area contributed by atoms with Crippen molar-refractivity contribution in [3.05, 3.63) is 29.9 Å². The number of sulfone groups is 1. The van der Waals surface area contributed by atoms with Gasteiger partial charge in [-0.3, -0.25) is 0 Å². The lowest BCUT2D eigenvalue weighted by atomic mass is 10.2. The summed E-state index contributed by atoms with van der Waals surface area (Å²) in [6, 6.07) is 3.94. The number of benzene rings is 1. The lowest BCUT2D eigenvalue weighted by Gasteiger charge is -2.22. The molecule has 1 saturated heterocycles. The van der Waals surface area contributed by atoms with Crippen LogP contribution in [0.5, 0.6) is 0 Å². The van der Waals surface area contributed by atoms with Crippen LogP contribution in [0.1, 0.15) is 5.89 Å². The molecule has 2 aromatic rings. The maximum absolute atomic E-state index is 13.0. The second-order valence-corrected chi connectivity index (χ2v) is 6.92. The molecule has 0 saturated carbocycles. The van der Waals surface area contributed by atoms with Crippen LogP contribution >= 0.6 is 0 Å². The van der Waals surface area contributed by atoms with Crippen LogP contribution in [0.3, 0.4) is 0 Å². The second kappa shape index (κ2) is 4.57. The van der Waals surface area contributed by atoms with Crippen molar-refractivity contribution in [3.63, 3.8) is 0 Å². The molecule has 1 aromatic carbocycles. The normalized spacial score (nSPS) is 22.7. The third kappa shape index (κ3) is 2.76. The van der Waals surface area contributed by atoms with Crippen LogP contribution in [0.15, 0.2) is 22.6 Å². The first-order chi connectivity index (χ1) is 9.02. The lowest BCUT2D eigenvalue weighted by Crippen LogP contribution is -2.46. The first-order valence-electron chi connectivity index (χ1n) is 6.01. The molecular formula is C12H13FN2O3S. The van der Waals surface area contributed by atoms with Crippen molar-refractivity contribution in [1.29, 1.82) is 0 Å². The number of aromatic nitrogens is 1. The van der Waals surface area contributed by atoms with Crippen molar-refractivity contribution in [2.45, 2.75) is 12.5 Å². The first-order valence-corrected chi connectivity index (χ1v) is 7.83. The van der Waals surface area contributed by atoms with Gasteiger partial charge >= 0.3 is 0 Å².